The van der Waals surface area contributed by atoms with Crippen LogP contribution in [-0.4, -0.2) is 26.4 Å². The van der Waals surface area contributed by atoms with Gasteiger partial charge in [-0.2, -0.15) is 17.2 Å². The van der Waals surface area contributed by atoms with Crippen molar-refractivity contribution in [2.75, 3.05) is 7.11 Å². The molecular weight excluding hydrogens is 651 g/mol. The third-order valence-electron chi connectivity index (χ3n) is 8.17. The minimum Gasteiger partial charge on any atom is -0.509 e. The molecule has 0 atom stereocenters. The van der Waals surface area contributed by atoms with Gasteiger partial charge in [-0.15, -0.1) is 35.7 Å². The number of aryl methyl sites for hydroxylation is 4. The molecular formula is C38H32N4O2Pd. The second-order valence-electron chi connectivity index (χ2n) is 11.2. The van der Waals surface area contributed by atoms with Gasteiger partial charge in [0.05, 0.1) is 12.8 Å². The number of hydrogen-bond donors (Lipinski definition) is 0. The Bertz CT molecular complexity index is 2190. The SMILES string of the molecule is COc1cc(C)c(-c2c(C)nn(-c3[c-]c(Oc4[c-]c5c(cc4)c4ccccc4n5-c4cc(C)ccn4)ccc3)c2C)c(C)c1.[Pd+2]. The van der Waals surface area contributed by atoms with E-state index in [1.807, 2.05) is 47.3 Å². The molecule has 0 aliphatic heterocycles. The van der Waals surface area contributed by atoms with Gasteiger partial charge in [0.15, 0.2) is 0 Å². The van der Waals surface area contributed by atoms with Crippen LogP contribution in [0.3, 0.4) is 0 Å². The summed E-state index contributed by atoms with van der Waals surface area (Å²) in [6, 6.07) is 33.5. The summed E-state index contributed by atoms with van der Waals surface area (Å²) in [5.41, 5.74) is 10.5. The Hall–Kier alpha value is -4.70. The number of pyridine rings is 1. The molecule has 226 valence electrons. The first-order valence-corrected chi connectivity index (χ1v) is 14.6. The Morgan fingerprint density at radius 1 is 0.733 bits per heavy atom. The molecule has 0 N–H and O–H groups in total. The van der Waals surface area contributed by atoms with Crippen LogP contribution in [-0.2, 0) is 20.4 Å². The Labute approximate surface area is 276 Å². The molecule has 0 bridgehead atoms. The van der Waals surface area contributed by atoms with Gasteiger partial charge < -0.3 is 14.0 Å². The maximum Gasteiger partial charge on any atom is 2.00 e. The molecule has 3 heterocycles. The summed E-state index contributed by atoms with van der Waals surface area (Å²) >= 11 is 0. The molecule has 0 aliphatic rings. The van der Waals surface area contributed by atoms with Crippen molar-refractivity contribution in [1.82, 2.24) is 19.3 Å². The summed E-state index contributed by atoms with van der Waals surface area (Å²) in [5.74, 6) is 2.89. The third kappa shape index (κ3) is 5.33. The van der Waals surface area contributed by atoms with Gasteiger partial charge >= 0.3 is 20.4 Å². The second-order valence-corrected chi connectivity index (χ2v) is 11.2. The molecule has 0 amide bonds. The van der Waals surface area contributed by atoms with E-state index in [9.17, 15) is 0 Å². The second kappa shape index (κ2) is 12.0. The van der Waals surface area contributed by atoms with Crippen LogP contribution in [0.5, 0.6) is 17.2 Å². The van der Waals surface area contributed by atoms with E-state index in [0.29, 0.717) is 11.5 Å². The van der Waals surface area contributed by atoms with Crippen molar-refractivity contribution in [3.63, 3.8) is 0 Å². The molecule has 4 aromatic carbocycles. The Morgan fingerprint density at radius 3 is 2.24 bits per heavy atom. The minimum absolute atomic E-state index is 0. The van der Waals surface area contributed by atoms with Gasteiger partial charge in [0.1, 0.15) is 11.6 Å². The average molecular weight is 683 g/mol. The molecule has 7 aromatic rings. The van der Waals surface area contributed by atoms with Gasteiger partial charge in [0.25, 0.3) is 0 Å². The number of hydrogen-bond acceptors (Lipinski definition) is 4. The predicted octanol–water partition coefficient (Wildman–Crippen LogP) is 8.97. The van der Waals surface area contributed by atoms with Crippen LogP contribution in [0.1, 0.15) is 28.1 Å². The van der Waals surface area contributed by atoms with Crippen molar-refractivity contribution in [2.45, 2.75) is 34.6 Å². The van der Waals surface area contributed by atoms with E-state index in [-0.39, 0.29) is 20.4 Å². The van der Waals surface area contributed by atoms with Gasteiger partial charge in [0, 0.05) is 34.5 Å². The summed E-state index contributed by atoms with van der Waals surface area (Å²) < 4.78 is 16.0. The number of ether oxygens (including phenoxy) is 2. The van der Waals surface area contributed by atoms with Gasteiger partial charge in [-0.3, -0.25) is 4.68 Å². The van der Waals surface area contributed by atoms with Crippen LogP contribution >= 0.6 is 0 Å². The van der Waals surface area contributed by atoms with Gasteiger partial charge in [0.2, 0.25) is 0 Å². The summed E-state index contributed by atoms with van der Waals surface area (Å²) in [7, 11) is 1.70. The zero-order valence-electron chi connectivity index (χ0n) is 26.0. The summed E-state index contributed by atoms with van der Waals surface area (Å²) in [4.78, 5) is 4.68. The molecule has 6 nitrogen and oxygen atoms in total. The van der Waals surface area contributed by atoms with Crippen molar-refractivity contribution in [1.29, 1.82) is 0 Å². The van der Waals surface area contributed by atoms with Crippen LogP contribution < -0.4 is 9.47 Å². The van der Waals surface area contributed by atoms with E-state index in [4.69, 9.17) is 14.6 Å². The van der Waals surface area contributed by atoms with Gasteiger partial charge in [-0.25, -0.2) is 4.98 Å². The third-order valence-corrected chi connectivity index (χ3v) is 8.17. The van der Waals surface area contributed by atoms with E-state index < -0.39 is 0 Å². The van der Waals surface area contributed by atoms with Crippen LogP contribution in [0, 0.1) is 46.8 Å². The van der Waals surface area contributed by atoms with Crippen LogP contribution in [0.15, 0.2) is 85.1 Å². The molecule has 0 radical (unpaired) electrons. The number of fused-ring (bicyclic) bond motifs is 3. The molecule has 7 rings (SSSR count). The van der Waals surface area contributed by atoms with Crippen molar-refractivity contribution >= 4 is 21.8 Å². The molecule has 0 saturated carbocycles. The van der Waals surface area contributed by atoms with E-state index in [1.165, 1.54) is 5.56 Å². The summed E-state index contributed by atoms with van der Waals surface area (Å²) in [6.45, 7) is 10.5. The first kappa shape index (κ1) is 30.3. The normalized spacial score (nSPS) is 11.2. The average Bonchev–Trinajstić information content (AvgIpc) is 3.50. The summed E-state index contributed by atoms with van der Waals surface area (Å²) in [6.07, 6.45) is 1.84. The molecule has 0 spiro atoms. The number of para-hydroxylation sites is 1. The summed E-state index contributed by atoms with van der Waals surface area (Å²) in [5, 5.41) is 7.16. The maximum atomic E-state index is 6.38. The topological polar surface area (TPSA) is 54.1 Å². The number of benzene rings is 4. The molecule has 0 unspecified atom stereocenters. The first-order valence-electron chi connectivity index (χ1n) is 14.6. The first-order chi connectivity index (χ1) is 21.3. The zero-order valence-corrected chi connectivity index (χ0v) is 27.6. The quantitative estimate of drug-likeness (QED) is 0.130. The van der Waals surface area contributed by atoms with E-state index in [1.54, 1.807) is 7.11 Å². The van der Waals surface area contributed by atoms with Gasteiger partial charge in [-0.1, -0.05) is 23.7 Å². The van der Waals surface area contributed by atoms with Gasteiger partial charge in [-0.05, 0) is 98.3 Å². The number of aromatic nitrogens is 4. The standard InChI is InChI=1S/C38H32N4O2.Pd/c1-23-16-17-39-36(18-23)41-34-13-8-7-12-32(34)33-15-14-30(22-35(33)41)44-29-11-9-10-28(21-29)42-27(5)38(26(4)40-42)37-24(2)19-31(43-6)20-25(37)3;/h7-20H,1-6H3;/q-2;+2. The molecule has 0 saturated heterocycles. The predicted molar refractivity (Wildman–Crippen MR) is 176 cm³/mol. The Morgan fingerprint density at radius 2 is 1.49 bits per heavy atom. The van der Waals surface area contributed by atoms with E-state index in [2.05, 4.69) is 98.8 Å². The van der Waals surface area contributed by atoms with Crippen molar-refractivity contribution < 1.29 is 29.9 Å². The Balaban J connectivity index is 0.00000357. The Kier molecular flexibility index (Phi) is 8.09. The van der Waals surface area contributed by atoms with E-state index >= 15 is 0 Å². The maximum absolute atomic E-state index is 6.38. The molecule has 3 aromatic heterocycles. The fourth-order valence-electron chi connectivity index (χ4n) is 6.23. The molecule has 0 fully saturated rings. The van der Waals surface area contributed by atoms with E-state index in [0.717, 1.165) is 72.7 Å². The largest absolute Gasteiger partial charge is 2.00 e. The number of rotatable bonds is 6. The molecule has 45 heavy (non-hydrogen) atoms. The molecule has 7 heteroatoms. The monoisotopic (exact) mass is 682 g/mol. The smallest absolute Gasteiger partial charge is 0.509 e. The van der Waals surface area contributed by atoms with Crippen molar-refractivity contribution in [2.24, 2.45) is 0 Å². The van der Waals surface area contributed by atoms with Crippen LogP contribution in [0.25, 0.3) is 44.4 Å². The number of nitrogens with zero attached hydrogens (tertiary/aromatic N) is 4. The minimum atomic E-state index is 0. The fourth-order valence-corrected chi connectivity index (χ4v) is 6.23. The van der Waals surface area contributed by atoms with Crippen LogP contribution in [0.2, 0.25) is 0 Å². The fraction of sp³-hybridized carbons (Fsp3) is 0.158. The molecule has 0 aliphatic carbocycles. The van der Waals surface area contributed by atoms with Crippen molar-refractivity contribution in [3.05, 3.63) is 125 Å². The van der Waals surface area contributed by atoms with Crippen LogP contribution in [0.4, 0.5) is 0 Å². The number of methoxy groups -OCH3 is 1. The zero-order chi connectivity index (χ0) is 30.5. The van der Waals surface area contributed by atoms with Crippen molar-refractivity contribution in [3.8, 4) is 39.9 Å².